The van der Waals surface area contributed by atoms with Crippen LogP contribution in [0.2, 0.25) is 5.02 Å². The molecule has 0 unspecified atom stereocenters. The lowest BCUT2D eigenvalue weighted by molar-refractivity contribution is -0.150. The van der Waals surface area contributed by atoms with Crippen LogP contribution in [0.15, 0.2) is 24.3 Å². The molecular formula is C15H17ClN2O4. The highest BCUT2D eigenvalue weighted by atomic mass is 35.5. The second-order valence-electron chi connectivity index (χ2n) is 5.11. The van der Waals surface area contributed by atoms with Gasteiger partial charge in [0.25, 0.3) is 5.91 Å². The van der Waals surface area contributed by atoms with Gasteiger partial charge in [-0.3, -0.25) is 9.59 Å². The van der Waals surface area contributed by atoms with Crippen LogP contribution in [0.3, 0.4) is 0 Å². The smallest absolute Gasteiger partial charge is 0.329 e. The van der Waals surface area contributed by atoms with Crippen molar-refractivity contribution in [3.63, 3.8) is 0 Å². The number of amides is 2. The summed E-state index contributed by atoms with van der Waals surface area (Å²) in [7, 11) is 0. The number of carbonyl (C=O) groups excluding carboxylic acids is 3. The van der Waals surface area contributed by atoms with Crippen molar-refractivity contribution in [1.29, 1.82) is 0 Å². The second-order valence-corrected chi connectivity index (χ2v) is 5.55. The van der Waals surface area contributed by atoms with Crippen LogP contribution in [0.25, 0.3) is 0 Å². The first-order valence-corrected chi connectivity index (χ1v) is 7.34. The van der Waals surface area contributed by atoms with Gasteiger partial charge in [-0.25, -0.2) is 4.79 Å². The topological polar surface area (TPSA) is 84.5 Å². The van der Waals surface area contributed by atoms with Crippen LogP contribution in [0, 0.1) is 0 Å². The molecule has 0 aliphatic carbocycles. The molecule has 118 valence electrons. The van der Waals surface area contributed by atoms with Crippen LogP contribution in [-0.4, -0.2) is 30.4 Å². The van der Waals surface area contributed by atoms with Gasteiger partial charge in [-0.15, -0.1) is 0 Å². The van der Waals surface area contributed by atoms with Gasteiger partial charge in [-0.2, -0.15) is 0 Å². The Bertz CT molecular complexity index is 591. The van der Waals surface area contributed by atoms with Crippen LogP contribution >= 0.6 is 11.6 Å². The Balaban J connectivity index is 1.78. The molecule has 7 heteroatoms. The minimum absolute atomic E-state index is 0.180. The SMILES string of the molecule is C[C@H](NC(=O)COC(=O)[C@@H]1CCC(=O)N1)c1cccc(Cl)c1. The molecule has 1 heterocycles. The zero-order valence-corrected chi connectivity index (χ0v) is 12.9. The van der Waals surface area contributed by atoms with Gasteiger partial charge in [-0.1, -0.05) is 23.7 Å². The predicted octanol–water partition coefficient (Wildman–Crippen LogP) is 1.34. The molecule has 1 aliphatic rings. The highest BCUT2D eigenvalue weighted by Gasteiger charge is 2.28. The molecule has 1 aliphatic heterocycles. The molecule has 1 fully saturated rings. The van der Waals surface area contributed by atoms with E-state index in [4.69, 9.17) is 16.3 Å². The summed E-state index contributed by atoms with van der Waals surface area (Å²) in [6.45, 7) is 1.43. The van der Waals surface area contributed by atoms with Crippen molar-refractivity contribution in [1.82, 2.24) is 10.6 Å². The average molecular weight is 325 g/mol. The van der Waals surface area contributed by atoms with Gasteiger partial charge < -0.3 is 15.4 Å². The maximum atomic E-state index is 11.8. The van der Waals surface area contributed by atoms with Crippen molar-refractivity contribution >= 4 is 29.4 Å². The summed E-state index contributed by atoms with van der Waals surface area (Å²) in [5.41, 5.74) is 0.857. The summed E-state index contributed by atoms with van der Waals surface area (Å²) in [4.78, 5) is 34.5. The minimum Gasteiger partial charge on any atom is -0.454 e. The van der Waals surface area contributed by atoms with Crippen molar-refractivity contribution in [3.8, 4) is 0 Å². The van der Waals surface area contributed by atoms with Gasteiger partial charge in [0.1, 0.15) is 6.04 Å². The number of hydrogen-bond acceptors (Lipinski definition) is 4. The number of benzene rings is 1. The van der Waals surface area contributed by atoms with Gasteiger partial charge in [0.15, 0.2) is 6.61 Å². The molecular weight excluding hydrogens is 308 g/mol. The number of rotatable bonds is 5. The first kappa shape index (κ1) is 16.3. The Hall–Kier alpha value is -2.08. The number of esters is 1. The normalized spacial score (nSPS) is 18.5. The zero-order chi connectivity index (χ0) is 16.1. The third kappa shape index (κ3) is 4.46. The number of hydrogen-bond donors (Lipinski definition) is 2. The van der Waals surface area contributed by atoms with Crippen molar-refractivity contribution in [2.24, 2.45) is 0 Å². The molecule has 2 atom stereocenters. The lowest BCUT2D eigenvalue weighted by atomic mass is 10.1. The lowest BCUT2D eigenvalue weighted by Crippen LogP contribution is -2.37. The molecule has 0 saturated carbocycles. The molecule has 1 saturated heterocycles. The largest absolute Gasteiger partial charge is 0.454 e. The Morgan fingerprint density at radius 2 is 2.27 bits per heavy atom. The molecule has 0 aromatic heterocycles. The van der Waals surface area contributed by atoms with E-state index in [1.165, 1.54) is 0 Å². The third-order valence-corrected chi connectivity index (χ3v) is 3.59. The summed E-state index contributed by atoms with van der Waals surface area (Å²) in [5, 5.41) is 5.79. The van der Waals surface area contributed by atoms with Gasteiger partial charge in [0.2, 0.25) is 5.91 Å². The highest BCUT2D eigenvalue weighted by Crippen LogP contribution is 2.17. The lowest BCUT2D eigenvalue weighted by Gasteiger charge is -2.15. The summed E-state index contributed by atoms with van der Waals surface area (Å²) in [5.74, 6) is -1.18. The van der Waals surface area contributed by atoms with Gasteiger partial charge in [0.05, 0.1) is 6.04 Å². The first-order valence-electron chi connectivity index (χ1n) is 6.96. The summed E-state index contributed by atoms with van der Waals surface area (Å²) >= 11 is 5.90. The Kier molecular flexibility index (Phi) is 5.38. The molecule has 0 bridgehead atoms. The van der Waals surface area contributed by atoms with Crippen LogP contribution in [0.5, 0.6) is 0 Å². The van der Waals surface area contributed by atoms with Crippen LogP contribution < -0.4 is 10.6 Å². The monoisotopic (exact) mass is 324 g/mol. The molecule has 2 amide bonds. The summed E-state index contributed by atoms with van der Waals surface area (Å²) < 4.78 is 4.90. The van der Waals surface area contributed by atoms with Crippen LogP contribution in [0.4, 0.5) is 0 Å². The van der Waals surface area contributed by atoms with Crippen LogP contribution in [0.1, 0.15) is 31.4 Å². The second kappa shape index (κ2) is 7.26. The average Bonchev–Trinajstić information content (AvgIpc) is 2.91. The molecule has 2 N–H and O–H groups in total. The van der Waals surface area contributed by atoms with E-state index in [9.17, 15) is 14.4 Å². The van der Waals surface area contributed by atoms with E-state index in [1.807, 2.05) is 13.0 Å². The Morgan fingerprint density at radius 3 is 2.91 bits per heavy atom. The van der Waals surface area contributed by atoms with Gasteiger partial charge in [0, 0.05) is 11.4 Å². The van der Waals surface area contributed by atoms with Crippen molar-refractivity contribution in [3.05, 3.63) is 34.9 Å². The quantitative estimate of drug-likeness (QED) is 0.800. The molecule has 1 aromatic carbocycles. The zero-order valence-electron chi connectivity index (χ0n) is 12.1. The van der Waals surface area contributed by atoms with Crippen molar-refractivity contribution in [2.45, 2.75) is 31.8 Å². The maximum Gasteiger partial charge on any atom is 0.329 e. The van der Waals surface area contributed by atoms with Gasteiger partial charge in [-0.05, 0) is 31.0 Å². The van der Waals surface area contributed by atoms with Gasteiger partial charge >= 0.3 is 5.97 Å². The fourth-order valence-electron chi connectivity index (χ4n) is 2.17. The number of halogens is 1. The molecule has 1 aromatic rings. The number of nitrogens with one attached hydrogen (secondary N) is 2. The van der Waals surface area contributed by atoms with E-state index < -0.39 is 17.9 Å². The van der Waals surface area contributed by atoms with E-state index in [1.54, 1.807) is 18.2 Å². The molecule has 22 heavy (non-hydrogen) atoms. The predicted molar refractivity (Wildman–Crippen MR) is 80.1 cm³/mol. The minimum atomic E-state index is -0.648. The maximum absolute atomic E-state index is 11.8. The van der Waals surface area contributed by atoms with E-state index in [0.29, 0.717) is 17.9 Å². The highest BCUT2D eigenvalue weighted by molar-refractivity contribution is 6.30. The van der Waals surface area contributed by atoms with Crippen molar-refractivity contribution in [2.75, 3.05) is 6.61 Å². The fraction of sp³-hybridized carbons (Fsp3) is 0.400. The fourth-order valence-corrected chi connectivity index (χ4v) is 2.37. The summed E-state index contributed by atoms with van der Waals surface area (Å²) in [6, 6.07) is 6.24. The standard InChI is InChI=1S/C15H17ClN2O4/c1-9(10-3-2-4-11(16)7-10)17-14(20)8-22-15(21)12-5-6-13(19)18-12/h2-4,7,9,12H,5-6,8H2,1H3,(H,17,20)(H,18,19)/t9-,12-/m0/s1. The summed E-state index contributed by atoms with van der Waals surface area (Å²) in [6.07, 6.45) is 0.704. The van der Waals surface area contributed by atoms with E-state index in [2.05, 4.69) is 10.6 Å². The van der Waals surface area contributed by atoms with Crippen LogP contribution in [-0.2, 0) is 19.1 Å². The third-order valence-electron chi connectivity index (χ3n) is 3.35. The van der Waals surface area contributed by atoms with E-state index in [-0.39, 0.29) is 18.6 Å². The molecule has 0 spiro atoms. The Labute approximate surface area is 133 Å². The molecule has 2 rings (SSSR count). The van der Waals surface area contributed by atoms with E-state index in [0.717, 1.165) is 5.56 Å². The van der Waals surface area contributed by atoms with E-state index >= 15 is 0 Å². The number of ether oxygens (including phenoxy) is 1. The molecule has 0 radical (unpaired) electrons. The first-order chi connectivity index (χ1) is 10.5. The number of carbonyl (C=O) groups is 3. The van der Waals surface area contributed by atoms with Crippen molar-refractivity contribution < 1.29 is 19.1 Å². The Morgan fingerprint density at radius 1 is 1.50 bits per heavy atom. The molecule has 6 nitrogen and oxygen atoms in total.